The molecule has 0 aromatic carbocycles. The van der Waals surface area contributed by atoms with Gasteiger partial charge in [-0.15, -0.1) is 0 Å². The second-order valence-corrected chi connectivity index (χ2v) is 11.0. The second kappa shape index (κ2) is 12.8. The molecule has 0 atom stereocenters. The molecule has 1 aliphatic rings. The summed E-state index contributed by atoms with van der Waals surface area (Å²) in [4.78, 5) is 40.1. The summed E-state index contributed by atoms with van der Waals surface area (Å²) in [6, 6.07) is 0. The molecule has 0 aliphatic carbocycles. The molecule has 7 nitrogen and oxygen atoms in total. The van der Waals surface area contributed by atoms with Crippen LogP contribution < -0.4 is 0 Å². The van der Waals surface area contributed by atoms with E-state index in [0.717, 1.165) is 0 Å². The van der Waals surface area contributed by atoms with Crippen molar-refractivity contribution in [3.8, 4) is 0 Å². The third-order valence-electron chi connectivity index (χ3n) is 6.19. The number of amides is 1. The second-order valence-electron chi connectivity index (χ2n) is 11.0. The number of ketones is 2. The maximum atomic E-state index is 12.8. The number of nitrogens with zero attached hydrogens (tertiary/aromatic N) is 1. The summed E-state index contributed by atoms with van der Waals surface area (Å²) in [6.45, 7) is 15.1. The van der Waals surface area contributed by atoms with Gasteiger partial charge in [-0.2, -0.15) is 0 Å². The molecule has 0 unspecified atom stereocenters. The lowest BCUT2D eigenvalue weighted by molar-refractivity contribution is -0.138. The van der Waals surface area contributed by atoms with Crippen molar-refractivity contribution in [3.63, 3.8) is 0 Å². The van der Waals surface area contributed by atoms with Crippen LogP contribution in [0.5, 0.6) is 0 Å². The van der Waals surface area contributed by atoms with Gasteiger partial charge in [-0.25, -0.2) is 0 Å². The Labute approximate surface area is 194 Å². The van der Waals surface area contributed by atoms with Crippen LogP contribution >= 0.6 is 0 Å². The minimum Gasteiger partial charge on any atom is -0.382 e. The highest BCUT2D eigenvalue weighted by molar-refractivity contribution is 5.87. The number of carbonyl (C=O) groups excluding carboxylic acids is 3. The lowest BCUT2D eigenvalue weighted by atomic mass is 9.66. The molecule has 1 fully saturated rings. The zero-order chi connectivity index (χ0) is 24.4. The minimum atomic E-state index is -0.435. The van der Waals surface area contributed by atoms with Crippen LogP contribution in [-0.4, -0.2) is 75.6 Å². The Bertz CT molecular complexity index is 579. The molecule has 0 bridgehead atoms. The fourth-order valence-corrected chi connectivity index (χ4v) is 3.64. The average Bonchev–Trinajstić information content (AvgIpc) is 2.69. The van der Waals surface area contributed by atoms with Crippen molar-refractivity contribution < 1.29 is 28.6 Å². The number of ether oxygens (including phenoxy) is 3. The number of hydrogen-bond acceptors (Lipinski definition) is 6. The van der Waals surface area contributed by atoms with Crippen LogP contribution in [0.25, 0.3) is 0 Å². The normalized spacial score (nSPS) is 16.8. The van der Waals surface area contributed by atoms with Crippen molar-refractivity contribution in [1.82, 2.24) is 4.90 Å². The van der Waals surface area contributed by atoms with Gasteiger partial charge in [0.05, 0.1) is 39.5 Å². The number of rotatable bonds is 13. The van der Waals surface area contributed by atoms with Crippen LogP contribution in [0.3, 0.4) is 0 Å². The van der Waals surface area contributed by atoms with Gasteiger partial charge in [0, 0.05) is 43.9 Å². The fourth-order valence-electron chi connectivity index (χ4n) is 3.64. The van der Waals surface area contributed by atoms with Gasteiger partial charge < -0.3 is 19.1 Å². The van der Waals surface area contributed by atoms with Gasteiger partial charge in [0.25, 0.3) is 0 Å². The summed E-state index contributed by atoms with van der Waals surface area (Å²) in [5, 5.41) is 0. The van der Waals surface area contributed by atoms with E-state index >= 15 is 0 Å². The Hall–Kier alpha value is -1.31. The Morgan fingerprint density at radius 3 is 1.62 bits per heavy atom. The van der Waals surface area contributed by atoms with Crippen LogP contribution in [0.1, 0.15) is 73.6 Å². The summed E-state index contributed by atoms with van der Waals surface area (Å²) < 4.78 is 15.7. The van der Waals surface area contributed by atoms with Gasteiger partial charge in [0.15, 0.2) is 0 Å². The lowest BCUT2D eigenvalue weighted by Crippen LogP contribution is -2.46. The first kappa shape index (κ1) is 28.7. The van der Waals surface area contributed by atoms with E-state index in [-0.39, 0.29) is 22.9 Å². The maximum Gasteiger partial charge on any atom is 0.224 e. The largest absolute Gasteiger partial charge is 0.382 e. The first-order valence-corrected chi connectivity index (χ1v) is 11.8. The highest BCUT2D eigenvalue weighted by Gasteiger charge is 2.42. The summed E-state index contributed by atoms with van der Waals surface area (Å²) in [7, 11) is 1.63. The van der Waals surface area contributed by atoms with Crippen molar-refractivity contribution in [2.75, 3.05) is 53.2 Å². The zero-order valence-corrected chi connectivity index (χ0v) is 21.4. The molecule has 0 N–H and O–H groups in total. The van der Waals surface area contributed by atoms with Gasteiger partial charge in [-0.3, -0.25) is 14.4 Å². The smallest absolute Gasteiger partial charge is 0.224 e. The van der Waals surface area contributed by atoms with Gasteiger partial charge in [-0.1, -0.05) is 41.5 Å². The molecular formula is C25H45NO6. The lowest BCUT2D eigenvalue weighted by Gasteiger charge is -2.43. The minimum absolute atomic E-state index is 0.0585. The van der Waals surface area contributed by atoms with E-state index in [9.17, 15) is 14.4 Å². The Balaban J connectivity index is 2.57. The van der Waals surface area contributed by atoms with Crippen LogP contribution in [0.2, 0.25) is 0 Å². The molecule has 0 spiro atoms. The molecule has 1 heterocycles. The van der Waals surface area contributed by atoms with Crippen LogP contribution in [-0.2, 0) is 28.6 Å². The molecular weight excluding hydrogens is 410 g/mol. The van der Waals surface area contributed by atoms with Crippen LogP contribution in [0.15, 0.2) is 0 Å². The summed E-state index contributed by atoms with van der Waals surface area (Å²) in [6.07, 6.45) is 2.47. The molecule has 1 rings (SSSR count). The first-order chi connectivity index (χ1) is 14.8. The molecule has 0 aromatic heterocycles. The first-order valence-electron chi connectivity index (χ1n) is 11.8. The molecule has 32 heavy (non-hydrogen) atoms. The van der Waals surface area contributed by atoms with Crippen molar-refractivity contribution in [2.24, 2.45) is 16.2 Å². The van der Waals surface area contributed by atoms with Gasteiger partial charge in [-0.05, 0) is 18.3 Å². The third-order valence-corrected chi connectivity index (χ3v) is 6.19. The molecule has 1 aliphatic heterocycles. The fraction of sp³-hybridized carbons (Fsp3) is 0.880. The number of carbonyl (C=O) groups is 3. The average molecular weight is 456 g/mol. The number of methoxy groups -OCH3 is 1. The van der Waals surface area contributed by atoms with E-state index in [4.69, 9.17) is 14.2 Å². The van der Waals surface area contributed by atoms with E-state index in [1.807, 2.05) is 46.4 Å². The summed E-state index contributed by atoms with van der Waals surface area (Å²) in [5.74, 6) is 0.420. The highest BCUT2D eigenvalue weighted by Crippen LogP contribution is 2.42. The predicted molar refractivity (Wildman–Crippen MR) is 125 cm³/mol. The molecule has 0 aromatic rings. The SMILES string of the molecule is COCCOCCOCCC(=O)N1CCC(CC(=O)C(C)(C)C)(CC(=O)C(C)(C)C)CC1. The van der Waals surface area contributed by atoms with E-state index in [1.54, 1.807) is 7.11 Å². The Morgan fingerprint density at radius 1 is 0.750 bits per heavy atom. The molecule has 7 heteroatoms. The van der Waals surface area contributed by atoms with E-state index in [1.165, 1.54) is 0 Å². The van der Waals surface area contributed by atoms with Crippen molar-refractivity contribution in [3.05, 3.63) is 0 Å². The van der Waals surface area contributed by atoms with Crippen molar-refractivity contribution in [2.45, 2.75) is 73.6 Å². The molecule has 0 radical (unpaired) electrons. The van der Waals surface area contributed by atoms with E-state index in [0.29, 0.717) is 78.2 Å². The van der Waals surface area contributed by atoms with Gasteiger partial charge >= 0.3 is 0 Å². The molecule has 0 saturated carbocycles. The predicted octanol–water partition coefficient (Wildman–Crippen LogP) is 3.68. The summed E-state index contributed by atoms with van der Waals surface area (Å²) in [5.41, 5.74) is -1.23. The molecule has 1 saturated heterocycles. The quantitative estimate of drug-likeness (QED) is 0.394. The van der Waals surface area contributed by atoms with E-state index < -0.39 is 10.8 Å². The number of piperidine rings is 1. The van der Waals surface area contributed by atoms with Crippen molar-refractivity contribution >= 4 is 17.5 Å². The zero-order valence-electron chi connectivity index (χ0n) is 21.4. The third kappa shape index (κ3) is 10.1. The summed E-state index contributed by atoms with van der Waals surface area (Å²) >= 11 is 0. The molecule has 1 amide bonds. The monoisotopic (exact) mass is 455 g/mol. The van der Waals surface area contributed by atoms with Crippen LogP contribution in [0, 0.1) is 16.2 Å². The maximum absolute atomic E-state index is 12.8. The number of hydrogen-bond donors (Lipinski definition) is 0. The standard InChI is InChI=1S/C25H45NO6/c1-23(2,3)20(27)18-25(19-21(28)24(4,5)6)9-11-26(12-10-25)22(29)8-13-31-16-17-32-15-14-30-7/h8-19H2,1-7H3. The Kier molecular flexibility index (Phi) is 11.5. The van der Waals surface area contributed by atoms with Gasteiger partial charge in [0.1, 0.15) is 11.6 Å². The van der Waals surface area contributed by atoms with E-state index in [2.05, 4.69) is 0 Å². The number of likely N-dealkylation sites (tertiary alicyclic amines) is 1. The van der Waals surface area contributed by atoms with Crippen molar-refractivity contribution in [1.29, 1.82) is 0 Å². The highest BCUT2D eigenvalue weighted by atomic mass is 16.5. The molecule has 186 valence electrons. The topological polar surface area (TPSA) is 82.1 Å². The number of Topliss-reactive ketones (excluding diaryl/α,β-unsaturated/α-hetero) is 2. The van der Waals surface area contributed by atoms with Gasteiger partial charge in [0.2, 0.25) is 5.91 Å². The Morgan fingerprint density at radius 2 is 1.19 bits per heavy atom. The van der Waals surface area contributed by atoms with Crippen LogP contribution in [0.4, 0.5) is 0 Å².